The molecule has 6 heteroatoms. The molecule has 4 rings (SSSR count). The Morgan fingerprint density at radius 3 is 2.50 bits per heavy atom. The van der Waals surface area contributed by atoms with Crippen LogP contribution < -0.4 is 4.74 Å². The van der Waals surface area contributed by atoms with Gasteiger partial charge in [-0.3, -0.25) is 9.36 Å². The molecule has 1 aliphatic rings. The quantitative estimate of drug-likeness (QED) is 0.684. The highest BCUT2D eigenvalue weighted by molar-refractivity contribution is 5.94. The molecule has 1 aromatic heterocycles. The van der Waals surface area contributed by atoms with Crippen molar-refractivity contribution >= 4 is 5.91 Å². The van der Waals surface area contributed by atoms with E-state index in [0.29, 0.717) is 18.1 Å². The number of rotatable bonds is 5. The Bertz CT molecular complexity index is 905. The normalized spacial score (nSPS) is 16.8. The summed E-state index contributed by atoms with van der Waals surface area (Å²) in [6.45, 7) is 4.23. The van der Waals surface area contributed by atoms with Crippen molar-refractivity contribution in [3.8, 4) is 11.4 Å². The van der Waals surface area contributed by atoms with Crippen LogP contribution in [0.3, 0.4) is 0 Å². The summed E-state index contributed by atoms with van der Waals surface area (Å²) in [4.78, 5) is 14.9. The molecule has 0 saturated carbocycles. The van der Waals surface area contributed by atoms with E-state index >= 15 is 0 Å². The lowest BCUT2D eigenvalue weighted by Gasteiger charge is -2.32. The predicted octanol–water partition coefficient (Wildman–Crippen LogP) is 3.51. The molecular weight excluding hydrogens is 352 g/mol. The number of likely N-dealkylation sites (tertiary alicyclic amines) is 1. The Kier molecular flexibility index (Phi) is 5.37. The van der Waals surface area contributed by atoms with Gasteiger partial charge in [0.05, 0.1) is 6.61 Å². The first kappa shape index (κ1) is 18.2. The summed E-state index contributed by atoms with van der Waals surface area (Å²) in [5.74, 6) is 1.32. The van der Waals surface area contributed by atoms with Crippen LogP contribution in [-0.2, 0) is 0 Å². The maximum Gasteiger partial charge on any atom is 0.253 e. The fourth-order valence-electron chi connectivity index (χ4n) is 3.53. The number of nitrogens with zero attached hydrogens (tertiary/aromatic N) is 4. The van der Waals surface area contributed by atoms with Crippen LogP contribution in [-0.4, -0.2) is 45.3 Å². The van der Waals surface area contributed by atoms with Crippen LogP contribution in [0.4, 0.5) is 0 Å². The fourth-order valence-corrected chi connectivity index (χ4v) is 3.53. The molecule has 2 aromatic carbocycles. The van der Waals surface area contributed by atoms with E-state index < -0.39 is 0 Å². The van der Waals surface area contributed by atoms with Gasteiger partial charge in [0, 0.05) is 30.3 Å². The Morgan fingerprint density at radius 1 is 1.07 bits per heavy atom. The van der Waals surface area contributed by atoms with Gasteiger partial charge < -0.3 is 9.64 Å². The second-order valence-corrected chi connectivity index (χ2v) is 7.30. The molecule has 1 aliphatic heterocycles. The maximum atomic E-state index is 12.9. The first-order valence-electron chi connectivity index (χ1n) is 9.63. The zero-order valence-corrected chi connectivity index (χ0v) is 16.0. The average molecular weight is 376 g/mol. The Balaban J connectivity index is 1.35. The molecule has 3 aromatic rings. The third-order valence-electron chi connectivity index (χ3n) is 5.14. The Morgan fingerprint density at radius 2 is 1.79 bits per heavy atom. The SMILES string of the molecule is Cc1ccc(OC[C@H]2CCCN(C(=O)c3ccc(-n4cnnc4)cc3)C2)cc1. The van der Waals surface area contributed by atoms with Gasteiger partial charge in [0.1, 0.15) is 18.4 Å². The summed E-state index contributed by atoms with van der Waals surface area (Å²) in [6.07, 6.45) is 5.37. The van der Waals surface area contributed by atoms with E-state index in [2.05, 4.69) is 29.3 Å². The minimum absolute atomic E-state index is 0.0790. The van der Waals surface area contributed by atoms with Crippen molar-refractivity contribution in [2.24, 2.45) is 5.92 Å². The van der Waals surface area contributed by atoms with Gasteiger partial charge in [-0.1, -0.05) is 17.7 Å². The number of hydrogen-bond acceptors (Lipinski definition) is 4. The molecule has 6 nitrogen and oxygen atoms in total. The lowest BCUT2D eigenvalue weighted by molar-refractivity contribution is 0.0633. The summed E-state index contributed by atoms with van der Waals surface area (Å²) >= 11 is 0. The molecule has 144 valence electrons. The highest BCUT2D eigenvalue weighted by atomic mass is 16.5. The van der Waals surface area contributed by atoms with Gasteiger partial charge in [-0.25, -0.2) is 0 Å². The number of amides is 1. The van der Waals surface area contributed by atoms with Crippen LogP contribution in [0.1, 0.15) is 28.8 Å². The van der Waals surface area contributed by atoms with Crippen LogP contribution in [0.2, 0.25) is 0 Å². The van der Waals surface area contributed by atoms with Crippen molar-refractivity contribution in [1.82, 2.24) is 19.7 Å². The van der Waals surface area contributed by atoms with Crippen molar-refractivity contribution in [2.45, 2.75) is 19.8 Å². The van der Waals surface area contributed by atoms with Crippen molar-refractivity contribution < 1.29 is 9.53 Å². The van der Waals surface area contributed by atoms with E-state index in [9.17, 15) is 4.79 Å². The highest BCUT2D eigenvalue weighted by Crippen LogP contribution is 2.21. The van der Waals surface area contributed by atoms with Crippen molar-refractivity contribution in [1.29, 1.82) is 0 Å². The number of ether oxygens (including phenoxy) is 1. The zero-order valence-electron chi connectivity index (χ0n) is 16.0. The molecule has 0 unspecified atom stereocenters. The molecular formula is C22H24N4O2. The van der Waals surface area contributed by atoms with Crippen LogP contribution in [0.15, 0.2) is 61.2 Å². The predicted molar refractivity (Wildman–Crippen MR) is 107 cm³/mol. The fraction of sp³-hybridized carbons (Fsp3) is 0.318. The third kappa shape index (κ3) is 4.22. The molecule has 1 fully saturated rings. The van der Waals surface area contributed by atoms with Crippen LogP contribution in [0.25, 0.3) is 5.69 Å². The Hall–Kier alpha value is -3.15. The maximum absolute atomic E-state index is 12.9. The topological polar surface area (TPSA) is 60.2 Å². The summed E-state index contributed by atoms with van der Waals surface area (Å²) in [7, 11) is 0. The standard InChI is InChI=1S/C22H24N4O2/c1-17-4-10-21(11-5-17)28-14-18-3-2-12-25(13-18)22(27)19-6-8-20(9-7-19)26-15-23-24-16-26/h4-11,15-16,18H,2-3,12-14H2,1H3/t18-/m0/s1. The molecule has 2 heterocycles. The van der Waals surface area contributed by atoms with Gasteiger partial charge in [-0.05, 0) is 56.2 Å². The van der Waals surface area contributed by atoms with Crippen molar-refractivity contribution in [3.05, 3.63) is 72.3 Å². The number of aryl methyl sites for hydroxylation is 1. The van der Waals surface area contributed by atoms with E-state index in [0.717, 1.165) is 37.4 Å². The lowest BCUT2D eigenvalue weighted by Crippen LogP contribution is -2.41. The third-order valence-corrected chi connectivity index (χ3v) is 5.14. The number of hydrogen-bond donors (Lipinski definition) is 0. The second-order valence-electron chi connectivity index (χ2n) is 7.30. The summed E-state index contributed by atoms with van der Waals surface area (Å²) in [5.41, 5.74) is 2.86. The molecule has 0 bridgehead atoms. The monoisotopic (exact) mass is 376 g/mol. The molecule has 0 radical (unpaired) electrons. The molecule has 1 atom stereocenters. The van der Waals surface area contributed by atoms with Crippen LogP contribution >= 0.6 is 0 Å². The first-order valence-corrected chi connectivity index (χ1v) is 9.63. The lowest BCUT2D eigenvalue weighted by atomic mass is 9.98. The average Bonchev–Trinajstić information content (AvgIpc) is 3.28. The molecule has 0 aliphatic carbocycles. The van der Waals surface area contributed by atoms with Gasteiger partial charge in [-0.2, -0.15) is 0 Å². The van der Waals surface area contributed by atoms with Crippen molar-refractivity contribution in [3.63, 3.8) is 0 Å². The van der Waals surface area contributed by atoms with E-state index in [1.165, 1.54) is 5.56 Å². The highest BCUT2D eigenvalue weighted by Gasteiger charge is 2.25. The van der Waals surface area contributed by atoms with E-state index in [1.54, 1.807) is 12.7 Å². The van der Waals surface area contributed by atoms with E-state index in [-0.39, 0.29) is 5.91 Å². The number of benzene rings is 2. The van der Waals surface area contributed by atoms with Gasteiger partial charge in [0.15, 0.2) is 0 Å². The van der Waals surface area contributed by atoms with Crippen LogP contribution in [0.5, 0.6) is 5.75 Å². The van der Waals surface area contributed by atoms with Crippen molar-refractivity contribution in [2.75, 3.05) is 19.7 Å². The smallest absolute Gasteiger partial charge is 0.253 e. The van der Waals surface area contributed by atoms with E-state index in [1.807, 2.05) is 45.9 Å². The minimum atomic E-state index is 0.0790. The number of piperidine rings is 1. The Labute approximate surface area is 164 Å². The second kappa shape index (κ2) is 8.25. The first-order chi connectivity index (χ1) is 13.7. The summed E-state index contributed by atoms with van der Waals surface area (Å²) < 4.78 is 7.75. The number of carbonyl (C=O) groups is 1. The van der Waals surface area contributed by atoms with Gasteiger partial charge in [0.2, 0.25) is 0 Å². The summed E-state index contributed by atoms with van der Waals surface area (Å²) in [6, 6.07) is 15.7. The van der Waals surface area contributed by atoms with E-state index in [4.69, 9.17) is 4.74 Å². The molecule has 0 N–H and O–H groups in total. The van der Waals surface area contributed by atoms with Crippen LogP contribution in [0, 0.1) is 12.8 Å². The van der Waals surface area contributed by atoms with Gasteiger partial charge in [0.25, 0.3) is 5.91 Å². The molecule has 28 heavy (non-hydrogen) atoms. The summed E-state index contributed by atoms with van der Waals surface area (Å²) in [5, 5.41) is 7.61. The minimum Gasteiger partial charge on any atom is -0.493 e. The zero-order chi connectivity index (χ0) is 19.3. The largest absolute Gasteiger partial charge is 0.493 e. The molecule has 1 amide bonds. The number of carbonyl (C=O) groups excluding carboxylic acids is 1. The van der Waals surface area contributed by atoms with Gasteiger partial charge in [-0.15, -0.1) is 10.2 Å². The number of aromatic nitrogens is 3. The molecule has 0 spiro atoms. The van der Waals surface area contributed by atoms with Gasteiger partial charge >= 0.3 is 0 Å². The molecule has 1 saturated heterocycles.